The summed E-state index contributed by atoms with van der Waals surface area (Å²) >= 11 is 0. The summed E-state index contributed by atoms with van der Waals surface area (Å²) in [5.41, 5.74) is 0.675. The predicted molar refractivity (Wildman–Crippen MR) is 104 cm³/mol. The van der Waals surface area contributed by atoms with E-state index >= 15 is 0 Å². The Labute approximate surface area is 163 Å². The third-order valence-corrected chi connectivity index (χ3v) is 4.36. The molecule has 0 aliphatic carbocycles. The van der Waals surface area contributed by atoms with Crippen molar-refractivity contribution in [3.63, 3.8) is 0 Å². The van der Waals surface area contributed by atoms with Gasteiger partial charge in [-0.15, -0.1) is 0 Å². The molecule has 1 atom stereocenters. The Hall–Kier alpha value is -3.07. The van der Waals surface area contributed by atoms with Crippen LogP contribution in [0.5, 0.6) is 11.5 Å². The topological polar surface area (TPSA) is 108 Å². The minimum Gasteiger partial charge on any atom is -0.496 e. The van der Waals surface area contributed by atoms with Gasteiger partial charge in [0.1, 0.15) is 17.1 Å². The van der Waals surface area contributed by atoms with Gasteiger partial charge >= 0.3 is 5.97 Å². The first-order chi connectivity index (χ1) is 13.2. The van der Waals surface area contributed by atoms with E-state index in [1.165, 1.54) is 45.4 Å². The van der Waals surface area contributed by atoms with Crippen LogP contribution in [0.3, 0.4) is 0 Å². The second-order valence-electron chi connectivity index (χ2n) is 5.90. The first kappa shape index (κ1) is 21.2. The van der Waals surface area contributed by atoms with Crippen LogP contribution in [0.15, 0.2) is 42.5 Å². The Morgan fingerprint density at radius 1 is 0.964 bits per heavy atom. The van der Waals surface area contributed by atoms with Crippen LogP contribution in [0.25, 0.3) is 0 Å². The molecule has 1 N–H and O–H groups in total. The van der Waals surface area contributed by atoms with Crippen molar-refractivity contribution in [1.82, 2.24) is 0 Å². The van der Waals surface area contributed by atoms with Crippen molar-refractivity contribution in [2.45, 2.75) is 13.0 Å². The molecular weight excluding hydrogens is 386 g/mol. The zero-order chi connectivity index (χ0) is 20.9. The van der Waals surface area contributed by atoms with Crippen molar-refractivity contribution in [2.24, 2.45) is 0 Å². The predicted octanol–water partition coefficient (Wildman–Crippen LogP) is 2.50. The zero-order valence-electron chi connectivity index (χ0n) is 15.9. The number of benzene rings is 2. The molecule has 0 aliphatic heterocycles. The minimum absolute atomic E-state index is 0.0832. The first-order valence-electron chi connectivity index (χ1n) is 8.20. The molecule has 9 heteroatoms. The van der Waals surface area contributed by atoms with E-state index in [0.717, 1.165) is 6.26 Å². The van der Waals surface area contributed by atoms with E-state index in [0.29, 0.717) is 5.69 Å². The van der Waals surface area contributed by atoms with Crippen LogP contribution in [0.4, 0.5) is 5.69 Å². The summed E-state index contributed by atoms with van der Waals surface area (Å²) in [5, 5.41) is 0. The molecule has 0 unspecified atom stereocenters. The number of Topliss-reactive ketones (excluding diaryl/α,β-unsaturated/α-hetero) is 1. The van der Waals surface area contributed by atoms with Crippen molar-refractivity contribution in [3.05, 3.63) is 53.6 Å². The van der Waals surface area contributed by atoms with Crippen LogP contribution in [-0.4, -0.2) is 46.7 Å². The Kier molecular flexibility index (Phi) is 6.63. The van der Waals surface area contributed by atoms with Gasteiger partial charge in [0.25, 0.3) is 0 Å². The molecule has 0 aliphatic rings. The van der Waals surface area contributed by atoms with Gasteiger partial charge in [0.15, 0.2) is 6.10 Å². The second-order valence-corrected chi connectivity index (χ2v) is 7.65. The van der Waals surface area contributed by atoms with Crippen LogP contribution < -0.4 is 14.2 Å². The molecule has 0 saturated heterocycles. The van der Waals surface area contributed by atoms with E-state index in [2.05, 4.69) is 4.72 Å². The Bertz CT molecular complexity index is 946. The van der Waals surface area contributed by atoms with Gasteiger partial charge in [-0.1, -0.05) is 6.07 Å². The molecule has 0 amide bonds. The van der Waals surface area contributed by atoms with Crippen LogP contribution in [0.1, 0.15) is 27.6 Å². The van der Waals surface area contributed by atoms with E-state index in [9.17, 15) is 18.0 Å². The van der Waals surface area contributed by atoms with Gasteiger partial charge in [0, 0.05) is 11.3 Å². The molecule has 28 heavy (non-hydrogen) atoms. The van der Waals surface area contributed by atoms with E-state index < -0.39 is 27.9 Å². The van der Waals surface area contributed by atoms with E-state index in [4.69, 9.17) is 14.2 Å². The van der Waals surface area contributed by atoms with Gasteiger partial charge in [0.05, 0.1) is 20.5 Å². The molecule has 0 fully saturated rings. The van der Waals surface area contributed by atoms with Gasteiger partial charge in [-0.05, 0) is 43.3 Å². The van der Waals surface area contributed by atoms with Crippen LogP contribution in [0, 0.1) is 0 Å². The highest BCUT2D eigenvalue weighted by Gasteiger charge is 2.25. The summed E-state index contributed by atoms with van der Waals surface area (Å²) in [4.78, 5) is 25.1. The SMILES string of the molecule is COc1cccc(OC)c1C(=O)O[C@@H](C)C(=O)c1ccc(NS(C)(=O)=O)cc1. The molecule has 150 valence electrons. The fourth-order valence-corrected chi connectivity index (χ4v) is 3.04. The largest absolute Gasteiger partial charge is 0.496 e. The van der Waals surface area contributed by atoms with Crippen LogP contribution >= 0.6 is 0 Å². The number of rotatable bonds is 8. The lowest BCUT2D eigenvalue weighted by molar-refractivity contribution is 0.0313. The third-order valence-electron chi connectivity index (χ3n) is 3.76. The summed E-state index contributed by atoms with van der Waals surface area (Å²) in [7, 11) is -0.597. The van der Waals surface area contributed by atoms with Gasteiger partial charge in [-0.25, -0.2) is 13.2 Å². The van der Waals surface area contributed by atoms with Crippen molar-refractivity contribution in [3.8, 4) is 11.5 Å². The molecule has 0 heterocycles. The lowest BCUT2D eigenvalue weighted by atomic mass is 10.1. The number of anilines is 1. The third kappa shape index (κ3) is 5.23. The number of nitrogens with one attached hydrogen (secondary N) is 1. The summed E-state index contributed by atoms with van der Waals surface area (Å²) in [5.74, 6) is -0.668. The van der Waals surface area contributed by atoms with Crippen molar-refractivity contribution in [1.29, 1.82) is 0 Å². The first-order valence-corrected chi connectivity index (χ1v) is 10.1. The summed E-state index contributed by atoms with van der Waals surface area (Å²) in [6, 6.07) is 10.6. The number of carbonyl (C=O) groups is 2. The second kappa shape index (κ2) is 8.75. The monoisotopic (exact) mass is 407 g/mol. The average molecular weight is 407 g/mol. The fraction of sp³-hybridized carbons (Fsp3) is 0.263. The molecule has 8 nitrogen and oxygen atoms in total. The number of sulfonamides is 1. The zero-order valence-corrected chi connectivity index (χ0v) is 16.7. The maximum Gasteiger partial charge on any atom is 0.346 e. The molecule has 2 aromatic carbocycles. The maximum atomic E-state index is 12.5. The standard InChI is InChI=1S/C19H21NO7S/c1-12(18(21)13-8-10-14(11-9-13)20-28(4,23)24)27-19(22)17-15(25-2)6-5-7-16(17)26-3/h5-12,20H,1-4H3/t12-/m0/s1. The Morgan fingerprint density at radius 2 is 1.50 bits per heavy atom. The highest BCUT2D eigenvalue weighted by Crippen LogP contribution is 2.29. The van der Waals surface area contributed by atoms with Crippen molar-refractivity contribution < 1.29 is 32.2 Å². The number of ketones is 1. The minimum atomic E-state index is -3.41. The molecule has 0 aromatic heterocycles. The molecule has 0 radical (unpaired) electrons. The van der Waals surface area contributed by atoms with E-state index in [-0.39, 0.29) is 22.6 Å². The van der Waals surface area contributed by atoms with Gasteiger partial charge in [-0.2, -0.15) is 0 Å². The Balaban J connectivity index is 2.15. The van der Waals surface area contributed by atoms with E-state index in [1.807, 2.05) is 0 Å². The maximum absolute atomic E-state index is 12.5. The smallest absolute Gasteiger partial charge is 0.346 e. The molecule has 0 bridgehead atoms. The quantitative estimate of drug-likeness (QED) is 0.529. The summed E-state index contributed by atoms with van der Waals surface area (Å²) < 4.78 is 40.4. The number of methoxy groups -OCH3 is 2. The van der Waals surface area contributed by atoms with Crippen LogP contribution in [0.2, 0.25) is 0 Å². The normalized spacial score (nSPS) is 12.0. The number of esters is 1. The van der Waals surface area contributed by atoms with Crippen molar-refractivity contribution >= 4 is 27.5 Å². The highest BCUT2D eigenvalue weighted by atomic mass is 32.2. The van der Waals surface area contributed by atoms with E-state index in [1.54, 1.807) is 18.2 Å². The average Bonchev–Trinajstić information content (AvgIpc) is 2.65. The number of ether oxygens (including phenoxy) is 3. The molecule has 0 spiro atoms. The lowest BCUT2D eigenvalue weighted by Gasteiger charge is -2.16. The number of carbonyl (C=O) groups excluding carboxylic acids is 2. The van der Waals surface area contributed by atoms with Crippen LogP contribution in [-0.2, 0) is 14.8 Å². The Morgan fingerprint density at radius 3 is 1.96 bits per heavy atom. The molecule has 0 saturated carbocycles. The van der Waals surface area contributed by atoms with Gasteiger partial charge in [-0.3, -0.25) is 9.52 Å². The van der Waals surface area contributed by atoms with Gasteiger partial charge in [0.2, 0.25) is 15.8 Å². The summed E-state index contributed by atoms with van der Waals surface area (Å²) in [6.07, 6.45) is -0.0458. The summed E-state index contributed by atoms with van der Waals surface area (Å²) in [6.45, 7) is 1.45. The van der Waals surface area contributed by atoms with Gasteiger partial charge < -0.3 is 14.2 Å². The molecular formula is C19H21NO7S. The lowest BCUT2D eigenvalue weighted by Crippen LogP contribution is -2.25. The fourth-order valence-electron chi connectivity index (χ4n) is 2.48. The molecule has 2 aromatic rings. The molecule has 2 rings (SSSR count). The number of hydrogen-bond donors (Lipinski definition) is 1. The van der Waals surface area contributed by atoms with Crippen molar-refractivity contribution in [2.75, 3.05) is 25.2 Å². The highest BCUT2D eigenvalue weighted by molar-refractivity contribution is 7.92. The number of hydrogen-bond acceptors (Lipinski definition) is 7.